The first-order valence-electron chi connectivity index (χ1n) is 9.94. The van der Waals surface area contributed by atoms with Crippen LogP contribution >= 0.6 is 0 Å². The molecule has 4 rings (SSSR count). The second-order valence-electron chi connectivity index (χ2n) is 7.70. The van der Waals surface area contributed by atoms with Gasteiger partial charge in [-0.25, -0.2) is 0 Å². The Hall–Kier alpha value is -2.86. The summed E-state index contributed by atoms with van der Waals surface area (Å²) in [5.74, 6) is -0.0352. The number of piperidine rings is 1. The van der Waals surface area contributed by atoms with Crippen molar-refractivity contribution in [2.45, 2.75) is 25.4 Å². The van der Waals surface area contributed by atoms with E-state index < -0.39 is 0 Å². The smallest absolute Gasteiger partial charge is 0.269 e. The van der Waals surface area contributed by atoms with Crippen molar-refractivity contribution < 1.29 is 9.69 Å². The van der Waals surface area contributed by atoms with Crippen LogP contribution in [0.2, 0.25) is 0 Å². The largest absolute Gasteiger partial charge is 0.349 e. The normalized spacial score (nSPS) is 19.5. The molecule has 2 N–H and O–H groups in total. The molecular weight excluding hydrogens is 350 g/mol. The summed E-state index contributed by atoms with van der Waals surface area (Å²) in [6, 6.07) is 16.7. The van der Waals surface area contributed by atoms with E-state index in [9.17, 15) is 4.79 Å². The van der Waals surface area contributed by atoms with Crippen molar-refractivity contribution in [2.75, 3.05) is 13.1 Å². The standard InChI is InChI=1S/C22H27N5O/c1-25-12-6-9-20(25)19-15-21(26(2)24-19)22(28)23-18-10-13-27(14-11-18)16-17-7-4-3-5-8-17/h3-9,12,15,18H,10-11,13-14,16H2,1-2H3,(H,23,28)/p+1. The summed E-state index contributed by atoms with van der Waals surface area (Å²) in [5, 5.41) is 7.73. The first kappa shape index (κ1) is 18.5. The average molecular weight is 379 g/mol. The molecule has 6 heteroatoms. The van der Waals surface area contributed by atoms with Crippen LogP contribution < -0.4 is 10.2 Å². The molecule has 2 aromatic heterocycles. The van der Waals surface area contributed by atoms with Crippen LogP contribution in [-0.2, 0) is 20.6 Å². The molecule has 28 heavy (non-hydrogen) atoms. The molecule has 3 aromatic rings. The Labute approximate surface area is 165 Å². The third-order valence-electron chi connectivity index (χ3n) is 5.64. The molecule has 0 radical (unpaired) electrons. The molecule has 0 unspecified atom stereocenters. The SMILES string of the molecule is Cn1cccc1-c1cc(C(=O)NC2CC[NH+](Cc3ccccc3)CC2)n(C)n1. The van der Waals surface area contributed by atoms with Gasteiger partial charge in [0.05, 0.1) is 18.8 Å². The summed E-state index contributed by atoms with van der Waals surface area (Å²) in [6.07, 6.45) is 4.00. The Morgan fingerprint density at radius 3 is 2.57 bits per heavy atom. The van der Waals surface area contributed by atoms with E-state index in [1.165, 1.54) is 5.56 Å². The molecule has 6 nitrogen and oxygen atoms in total. The van der Waals surface area contributed by atoms with E-state index in [0.29, 0.717) is 5.69 Å². The number of hydrogen-bond donors (Lipinski definition) is 2. The Kier molecular flexibility index (Phi) is 5.30. The van der Waals surface area contributed by atoms with Crippen LogP contribution in [0.3, 0.4) is 0 Å². The molecule has 1 aromatic carbocycles. The van der Waals surface area contributed by atoms with Gasteiger partial charge in [-0.15, -0.1) is 0 Å². The molecule has 0 bridgehead atoms. The monoisotopic (exact) mass is 378 g/mol. The number of nitrogens with one attached hydrogen (secondary N) is 2. The summed E-state index contributed by atoms with van der Waals surface area (Å²) in [5.41, 5.74) is 3.81. The van der Waals surface area contributed by atoms with Crippen LogP contribution in [0.15, 0.2) is 54.7 Å². The Morgan fingerprint density at radius 2 is 1.89 bits per heavy atom. The van der Waals surface area contributed by atoms with E-state index in [0.717, 1.165) is 43.9 Å². The summed E-state index contributed by atoms with van der Waals surface area (Å²) >= 11 is 0. The second-order valence-corrected chi connectivity index (χ2v) is 7.70. The van der Waals surface area contributed by atoms with Crippen molar-refractivity contribution in [3.8, 4) is 11.4 Å². The van der Waals surface area contributed by atoms with Crippen molar-refractivity contribution in [1.82, 2.24) is 19.7 Å². The van der Waals surface area contributed by atoms with Gasteiger partial charge in [-0.2, -0.15) is 5.10 Å². The maximum atomic E-state index is 12.8. The summed E-state index contributed by atoms with van der Waals surface area (Å²) in [7, 11) is 3.81. The minimum Gasteiger partial charge on any atom is -0.349 e. The number of aryl methyl sites for hydroxylation is 2. The number of carbonyl (C=O) groups is 1. The molecule has 1 amide bonds. The lowest BCUT2D eigenvalue weighted by atomic mass is 10.0. The highest BCUT2D eigenvalue weighted by Crippen LogP contribution is 2.19. The van der Waals surface area contributed by atoms with Gasteiger partial charge < -0.3 is 14.8 Å². The van der Waals surface area contributed by atoms with Gasteiger partial charge in [0.15, 0.2) is 0 Å². The van der Waals surface area contributed by atoms with Crippen molar-refractivity contribution in [3.05, 3.63) is 66.0 Å². The molecule has 1 aliphatic rings. The van der Waals surface area contributed by atoms with Gasteiger partial charge in [0.2, 0.25) is 0 Å². The van der Waals surface area contributed by atoms with Crippen LogP contribution in [0.4, 0.5) is 0 Å². The van der Waals surface area contributed by atoms with Crippen molar-refractivity contribution in [3.63, 3.8) is 0 Å². The lowest BCUT2D eigenvalue weighted by Crippen LogP contribution is -3.12. The molecular formula is C22H28N5O+. The van der Waals surface area contributed by atoms with E-state index in [4.69, 9.17) is 0 Å². The number of amides is 1. The van der Waals surface area contributed by atoms with E-state index in [2.05, 4.69) is 40.7 Å². The number of benzene rings is 1. The first-order chi connectivity index (χ1) is 13.6. The van der Waals surface area contributed by atoms with E-state index >= 15 is 0 Å². The minimum absolute atomic E-state index is 0.0352. The molecule has 0 saturated carbocycles. The molecule has 1 saturated heterocycles. The number of quaternary nitrogens is 1. The molecule has 0 aliphatic carbocycles. The summed E-state index contributed by atoms with van der Waals surface area (Å²) in [4.78, 5) is 14.4. The number of nitrogens with zero attached hydrogens (tertiary/aromatic N) is 3. The maximum absolute atomic E-state index is 12.8. The van der Waals surface area contributed by atoms with Gasteiger partial charge in [-0.1, -0.05) is 30.3 Å². The fourth-order valence-corrected chi connectivity index (χ4v) is 4.02. The molecule has 1 fully saturated rings. The quantitative estimate of drug-likeness (QED) is 0.705. The highest BCUT2D eigenvalue weighted by atomic mass is 16.2. The van der Waals surface area contributed by atoms with Gasteiger partial charge in [-0.3, -0.25) is 9.48 Å². The van der Waals surface area contributed by atoms with Crippen molar-refractivity contribution in [1.29, 1.82) is 0 Å². The van der Waals surface area contributed by atoms with E-state index in [1.807, 2.05) is 43.1 Å². The Morgan fingerprint density at radius 1 is 1.14 bits per heavy atom. The fourth-order valence-electron chi connectivity index (χ4n) is 4.02. The van der Waals surface area contributed by atoms with Gasteiger partial charge in [0.25, 0.3) is 5.91 Å². The first-order valence-corrected chi connectivity index (χ1v) is 9.94. The van der Waals surface area contributed by atoms with Gasteiger partial charge in [0.1, 0.15) is 17.9 Å². The number of carbonyl (C=O) groups excluding carboxylic acids is 1. The predicted octanol–water partition coefficient (Wildman–Crippen LogP) is 1.40. The van der Waals surface area contributed by atoms with Crippen LogP contribution in [-0.4, -0.2) is 39.4 Å². The van der Waals surface area contributed by atoms with Crippen LogP contribution in [0.25, 0.3) is 11.4 Å². The number of aromatic nitrogens is 3. The van der Waals surface area contributed by atoms with Crippen LogP contribution in [0.5, 0.6) is 0 Å². The highest BCUT2D eigenvalue weighted by Gasteiger charge is 2.25. The zero-order chi connectivity index (χ0) is 19.5. The average Bonchev–Trinajstić information content (AvgIpc) is 3.29. The van der Waals surface area contributed by atoms with Gasteiger partial charge in [-0.05, 0) is 18.2 Å². The third kappa shape index (κ3) is 4.02. The molecule has 146 valence electrons. The lowest BCUT2D eigenvalue weighted by Gasteiger charge is -2.29. The molecule has 3 heterocycles. The molecule has 1 aliphatic heterocycles. The van der Waals surface area contributed by atoms with Gasteiger partial charge >= 0.3 is 0 Å². The zero-order valence-corrected chi connectivity index (χ0v) is 16.6. The van der Waals surface area contributed by atoms with Crippen LogP contribution in [0, 0.1) is 0 Å². The minimum atomic E-state index is -0.0352. The molecule has 0 spiro atoms. The Balaban J connectivity index is 1.34. The van der Waals surface area contributed by atoms with Crippen LogP contribution in [0.1, 0.15) is 28.9 Å². The second kappa shape index (κ2) is 8.02. The molecule has 0 atom stereocenters. The van der Waals surface area contributed by atoms with Crippen molar-refractivity contribution >= 4 is 5.91 Å². The van der Waals surface area contributed by atoms with E-state index in [-0.39, 0.29) is 11.9 Å². The topological polar surface area (TPSA) is 56.3 Å². The summed E-state index contributed by atoms with van der Waals surface area (Å²) in [6.45, 7) is 3.23. The Bertz CT molecular complexity index is 935. The zero-order valence-electron chi connectivity index (χ0n) is 16.6. The maximum Gasteiger partial charge on any atom is 0.269 e. The summed E-state index contributed by atoms with van der Waals surface area (Å²) < 4.78 is 3.68. The number of rotatable bonds is 5. The third-order valence-corrected chi connectivity index (χ3v) is 5.64. The predicted molar refractivity (Wildman–Crippen MR) is 109 cm³/mol. The van der Waals surface area contributed by atoms with E-state index in [1.54, 1.807) is 9.58 Å². The lowest BCUT2D eigenvalue weighted by molar-refractivity contribution is -0.918. The number of likely N-dealkylation sites (tertiary alicyclic amines) is 1. The van der Waals surface area contributed by atoms with Crippen molar-refractivity contribution in [2.24, 2.45) is 14.1 Å². The highest BCUT2D eigenvalue weighted by molar-refractivity contribution is 5.93. The van der Waals surface area contributed by atoms with Gasteiger partial charge in [0, 0.05) is 44.7 Å². The number of hydrogen-bond acceptors (Lipinski definition) is 2. The fraction of sp³-hybridized carbons (Fsp3) is 0.364.